The second-order valence-corrected chi connectivity index (χ2v) is 18.2. The Kier molecular flexibility index (Phi) is 11.6. The van der Waals surface area contributed by atoms with E-state index in [-0.39, 0.29) is 16.6 Å². The van der Waals surface area contributed by atoms with Gasteiger partial charge in [-0.1, -0.05) is 50.9 Å². The third-order valence-corrected chi connectivity index (χ3v) is 12.4. The van der Waals surface area contributed by atoms with Crippen molar-refractivity contribution in [2.75, 3.05) is 23.7 Å². The molecule has 47 heavy (non-hydrogen) atoms. The summed E-state index contributed by atoms with van der Waals surface area (Å²) in [6.45, 7) is 13.0. The number of unbranched alkanes of at least 4 members (excludes halogenated alkanes) is 3. The maximum atomic E-state index is 11.2. The van der Waals surface area contributed by atoms with Gasteiger partial charge < -0.3 is 9.45 Å². The monoisotopic (exact) mass is 898 g/mol. The van der Waals surface area contributed by atoms with Crippen LogP contribution in [-0.4, -0.2) is 42.1 Å². The van der Waals surface area contributed by atoms with E-state index >= 15 is 0 Å². The standard InChI is InChI=1S/C38H45ClI2N2O3S/c1-6-7-8-21-42-32-17-15-28(40)24-30(32)37(2,3)34(42)19-13-26-11-12-27(36(26)39)14-20-35-38(4,5)31-25-29(41)16-18-33(31)43(35)22-9-10-23-47(44,45)46/h13-20,24-25H,6-12,21-23H2,1-5H3. The molecule has 9 heteroatoms. The highest BCUT2D eigenvalue weighted by Crippen LogP contribution is 2.49. The Hall–Kier alpha value is -1.47. The van der Waals surface area contributed by atoms with E-state index < -0.39 is 10.1 Å². The van der Waals surface area contributed by atoms with Gasteiger partial charge >= 0.3 is 0 Å². The number of anilines is 1. The molecular weight excluding hydrogens is 854 g/mol. The quantitative estimate of drug-likeness (QED) is 0.0922. The zero-order chi connectivity index (χ0) is 34.1. The minimum atomic E-state index is -4.22. The normalized spacial score (nSPS) is 20.4. The Morgan fingerprint density at radius 2 is 1.62 bits per heavy atom. The molecular formula is C38H45ClI2N2O3S. The van der Waals surface area contributed by atoms with Crippen LogP contribution in [0.1, 0.15) is 90.7 Å². The first-order chi connectivity index (χ1) is 22.1. The number of fused-ring (bicyclic) bond motifs is 2. The largest absolute Gasteiger partial charge is 0.748 e. The zero-order valence-electron chi connectivity index (χ0n) is 28.0. The van der Waals surface area contributed by atoms with Gasteiger partial charge in [-0.25, -0.2) is 8.42 Å². The van der Waals surface area contributed by atoms with E-state index in [9.17, 15) is 13.0 Å². The van der Waals surface area contributed by atoms with Crippen LogP contribution in [0.15, 0.2) is 82.6 Å². The predicted molar refractivity (Wildman–Crippen MR) is 212 cm³/mol. The first-order valence-corrected chi connectivity index (χ1v) is 20.7. The first kappa shape index (κ1) is 36.8. The van der Waals surface area contributed by atoms with Gasteiger partial charge in [0.2, 0.25) is 5.69 Å². The third-order valence-electron chi connectivity index (χ3n) is 9.83. The molecule has 0 amide bonds. The first-order valence-electron chi connectivity index (χ1n) is 16.6. The summed E-state index contributed by atoms with van der Waals surface area (Å²) in [5.41, 5.74) is 9.51. The number of hydrogen-bond donors (Lipinski definition) is 0. The van der Waals surface area contributed by atoms with Crippen molar-refractivity contribution >= 4 is 84.0 Å². The molecule has 0 saturated heterocycles. The van der Waals surface area contributed by atoms with Crippen LogP contribution in [0.3, 0.4) is 0 Å². The Labute approximate surface area is 314 Å². The van der Waals surface area contributed by atoms with Crippen molar-refractivity contribution in [3.63, 3.8) is 0 Å². The van der Waals surface area contributed by atoms with Crippen LogP contribution in [0.2, 0.25) is 0 Å². The summed E-state index contributed by atoms with van der Waals surface area (Å²) in [6, 6.07) is 13.3. The molecule has 0 atom stereocenters. The minimum absolute atomic E-state index is 0.101. The van der Waals surface area contributed by atoms with Crippen molar-refractivity contribution in [3.8, 4) is 0 Å². The molecule has 2 aliphatic heterocycles. The molecule has 0 bridgehead atoms. The summed E-state index contributed by atoms with van der Waals surface area (Å²) >= 11 is 11.9. The topological polar surface area (TPSA) is 63.5 Å². The van der Waals surface area contributed by atoms with E-state index in [0.717, 1.165) is 53.4 Å². The van der Waals surface area contributed by atoms with E-state index in [0.29, 0.717) is 19.4 Å². The van der Waals surface area contributed by atoms with Crippen molar-refractivity contribution in [1.29, 1.82) is 0 Å². The summed E-state index contributed by atoms with van der Waals surface area (Å²) < 4.78 is 38.6. The van der Waals surface area contributed by atoms with Gasteiger partial charge in [0.1, 0.15) is 6.54 Å². The van der Waals surface area contributed by atoms with Gasteiger partial charge in [-0.15, -0.1) is 0 Å². The molecule has 0 saturated carbocycles. The highest BCUT2D eigenvalue weighted by molar-refractivity contribution is 14.1. The van der Waals surface area contributed by atoms with Crippen LogP contribution in [-0.2, 0) is 20.9 Å². The number of nitrogens with zero attached hydrogens (tertiary/aromatic N) is 2. The predicted octanol–water partition coefficient (Wildman–Crippen LogP) is 10.2. The van der Waals surface area contributed by atoms with Crippen molar-refractivity contribution < 1.29 is 17.5 Å². The average Bonchev–Trinajstić information content (AvgIpc) is 3.52. The number of rotatable bonds is 12. The van der Waals surface area contributed by atoms with Gasteiger partial charge in [-0.2, -0.15) is 4.58 Å². The minimum Gasteiger partial charge on any atom is -0.748 e. The number of benzene rings is 2. The molecule has 3 aliphatic rings. The molecule has 1 aliphatic carbocycles. The Bertz CT molecular complexity index is 1820. The molecule has 0 N–H and O–H groups in total. The molecule has 0 radical (unpaired) electrons. The lowest BCUT2D eigenvalue weighted by Crippen LogP contribution is -2.28. The van der Waals surface area contributed by atoms with Crippen molar-refractivity contribution in [2.45, 2.75) is 90.4 Å². The maximum Gasteiger partial charge on any atom is 0.209 e. The van der Waals surface area contributed by atoms with Crippen LogP contribution in [0.5, 0.6) is 0 Å². The second kappa shape index (κ2) is 14.8. The molecule has 5 rings (SSSR count). The molecule has 5 nitrogen and oxygen atoms in total. The molecule has 0 fully saturated rings. The van der Waals surface area contributed by atoms with Crippen LogP contribution in [0, 0.1) is 7.14 Å². The maximum absolute atomic E-state index is 11.2. The van der Waals surface area contributed by atoms with Gasteiger partial charge in [0.05, 0.1) is 15.5 Å². The highest BCUT2D eigenvalue weighted by Gasteiger charge is 2.44. The Morgan fingerprint density at radius 1 is 0.915 bits per heavy atom. The molecule has 0 unspecified atom stereocenters. The number of allylic oxidation sites excluding steroid dienone is 8. The lowest BCUT2D eigenvalue weighted by Gasteiger charge is -2.27. The van der Waals surface area contributed by atoms with E-state index in [1.165, 1.54) is 42.5 Å². The molecule has 252 valence electrons. The number of halogens is 3. The summed E-state index contributed by atoms with van der Waals surface area (Å²) in [6.07, 6.45) is 15.2. The Morgan fingerprint density at radius 3 is 2.32 bits per heavy atom. The van der Waals surface area contributed by atoms with Crippen LogP contribution in [0.25, 0.3) is 0 Å². The van der Waals surface area contributed by atoms with E-state index in [1.807, 2.05) is 0 Å². The molecule has 2 aromatic rings. The average molecular weight is 899 g/mol. The van der Waals surface area contributed by atoms with Gasteiger partial charge in [0, 0.05) is 65.4 Å². The van der Waals surface area contributed by atoms with E-state index in [4.69, 9.17) is 11.6 Å². The fourth-order valence-electron chi connectivity index (χ4n) is 7.21. The third kappa shape index (κ3) is 7.97. The summed E-state index contributed by atoms with van der Waals surface area (Å²) in [7, 11) is -4.22. The van der Waals surface area contributed by atoms with Crippen molar-refractivity contribution in [2.24, 2.45) is 0 Å². The second-order valence-electron chi connectivity index (χ2n) is 13.9. The fourth-order valence-corrected chi connectivity index (χ4v) is 9.07. The fraction of sp³-hybridized carbons (Fsp3) is 0.447. The summed E-state index contributed by atoms with van der Waals surface area (Å²) in [5.74, 6) is -0.332. The number of hydrogen-bond acceptors (Lipinski definition) is 4. The molecule has 0 spiro atoms. The smallest absolute Gasteiger partial charge is 0.209 e. The van der Waals surface area contributed by atoms with Crippen LogP contribution >= 0.6 is 56.8 Å². The van der Waals surface area contributed by atoms with Gasteiger partial charge in [0.15, 0.2) is 5.71 Å². The Balaban J connectivity index is 1.44. The SMILES string of the molecule is CCCCC[N+]1=C(/C=C/C2=C(Cl)C(=C/C=C3/N(CCCCS(=O)(=O)[O-])c4ccc(I)cc4C3(C)C)/CC2)C(C)(C)c2cc(I)ccc21. The van der Waals surface area contributed by atoms with E-state index in [2.05, 4.69) is 150 Å². The lowest BCUT2D eigenvalue weighted by atomic mass is 9.81. The zero-order valence-corrected chi connectivity index (χ0v) is 33.9. The van der Waals surface area contributed by atoms with E-state index in [1.54, 1.807) is 0 Å². The van der Waals surface area contributed by atoms with Gasteiger partial charge in [-0.3, -0.25) is 0 Å². The van der Waals surface area contributed by atoms with Crippen LogP contribution in [0.4, 0.5) is 11.4 Å². The summed E-state index contributed by atoms with van der Waals surface area (Å²) in [4.78, 5) is 2.29. The van der Waals surface area contributed by atoms with Crippen molar-refractivity contribution in [3.05, 3.63) is 101 Å². The van der Waals surface area contributed by atoms with Crippen molar-refractivity contribution in [1.82, 2.24) is 0 Å². The lowest BCUT2D eigenvalue weighted by molar-refractivity contribution is -0.438. The van der Waals surface area contributed by atoms with Gasteiger partial charge in [0.25, 0.3) is 0 Å². The summed E-state index contributed by atoms with van der Waals surface area (Å²) in [5, 5.41) is 0.828. The molecule has 2 heterocycles. The molecule has 0 aromatic heterocycles. The van der Waals surface area contributed by atoms with Gasteiger partial charge in [-0.05, 0) is 144 Å². The molecule has 2 aromatic carbocycles. The van der Waals surface area contributed by atoms with Crippen LogP contribution < -0.4 is 4.90 Å². The highest BCUT2D eigenvalue weighted by atomic mass is 127.